The summed E-state index contributed by atoms with van der Waals surface area (Å²) in [7, 11) is 0. The normalized spacial score (nSPS) is 16.5. The summed E-state index contributed by atoms with van der Waals surface area (Å²) in [4.78, 5) is 0. The average Bonchev–Trinajstić information content (AvgIpc) is 2.50. The largest absolute Gasteiger partial charge is 0.497 e. The van der Waals surface area contributed by atoms with Crippen LogP contribution in [0, 0.1) is 0 Å². The fourth-order valence-electron chi connectivity index (χ4n) is 2.51. The quantitative estimate of drug-likeness (QED) is 0.463. The van der Waals surface area contributed by atoms with E-state index in [9.17, 15) is 0 Å². The van der Waals surface area contributed by atoms with Crippen LogP contribution in [0.1, 0.15) is 51.5 Å². The lowest BCUT2D eigenvalue weighted by molar-refractivity contribution is 0.232. The monoisotopic (exact) mass is 282 g/mol. The second-order valence-corrected chi connectivity index (χ2v) is 5.96. The highest BCUT2D eigenvalue weighted by Crippen LogP contribution is 2.26. The Bertz CT molecular complexity index is 516. The van der Waals surface area contributed by atoms with E-state index in [1.54, 1.807) is 5.57 Å². The maximum absolute atomic E-state index is 5.71. The van der Waals surface area contributed by atoms with E-state index in [-0.39, 0.29) is 0 Å². The Labute approximate surface area is 129 Å². The maximum Gasteiger partial charge on any atom is 0.112 e. The molecule has 0 N–H and O–H groups in total. The molecule has 0 heterocycles. The third-order valence-corrected chi connectivity index (χ3v) is 3.78. The van der Waals surface area contributed by atoms with Crippen LogP contribution in [0.25, 0.3) is 0 Å². The molecule has 21 heavy (non-hydrogen) atoms. The molecule has 1 heteroatoms. The molecular weight excluding hydrogens is 256 g/mol. The van der Waals surface area contributed by atoms with Crippen LogP contribution < -0.4 is 0 Å². The molecule has 0 aliphatic heterocycles. The Morgan fingerprint density at radius 2 is 1.95 bits per heavy atom. The second kappa shape index (κ2) is 8.51. The Hall–Kier alpha value is -1.76. The zero-order valence-corrected chi connectivity index (χ0v) is 13.3. The molecule has 0 spiro atoms. The Kier molecular flexibility index (Phi) is 6.33. The summed E-state index contributed by atoms with van der Waals surface area (Å²) in [6, 6.07) is 10.3. The zero-order valence-electron chi connectivity index (χ0n) is 13.3. The third-order valence-electron chi connectivity index (χ3n) is 3.78. The lowest BCUT2D eigenvalue weighted by Crippen LogP contribution is -1.97. The van der Waals surface area contributed by atoms with E-state index in [1.807, 2.05) is 24.5 Å². The van der Waals surface area contributed by atoms with Crippen LogP contribution in [0.2, 0.25) is 0 Å². The Balaban J connectivity index is 1.73. The van der Waals surface area contributed by atoms with Gasteiger partial charge in [-0.15, -0.1) is 0 Å². The summed E-state index contributed by atoms with van der Waals surface area (Å²) in [6.45, 7) is 5.00. The van der Waals surface area contributed by atoms with Crippen LogP contribution in [0.3, 0.4) is 0 Å². The molecule has 112 valence electrons. The van der Waals surface area contributed by atoms with E-state index in [4.69, 9.17) is 4.74 Å². The van der Waals surface area contributed by atoms with Gasteiger partial charge in [-0.25, -0.2) is 0 Å². The highest BCUT2D eigenvalue weighted by molar-refractivity contribution is 5.19. The molecule has 0 amide bonds. The van der Waals surface area contributed by atoms with Crippen molar-refractivity contribution in [3.8, 4) is 0 Å². The van der Waals surface area contributed by atoms with E-state index >= 15 is 0 Å². The van der Waals surface area contributed by atoms with Gasteiger partial charge in [-0.05, 0) is 57.1 Å². The first kappa shape index (κ1) is 15.6. The molecule has 0 saturated heterocycles. The Morgan fingerprint density at radius 1 is 1.14 bits per heavy atom. The summed E-state index contributed by atoms with van der Waals surface area (Å²) in [5.74, 6) is 0. The molecule has 0 bridgehead atoms. The van der Waals surface area contributed by atoms with Gasteiger partial charge in [0, 0.05) is 0 Å². The SMILES string of the molecule is CC(C)=CCCC1=CC/C(=C\OCc2ccccc2)CC1. The molecule has 0 saturated carbocycles. The Morgan fingerprint density at radius 3 is 2.62 bits per heavy atom. The van der Waals surface area contributed by atoms with Gasteiger partial charge in [-0.2, -0.15) is 0 Å². The molecule has 1 aromatic carbocycles. The summed E-state index contributed by atoms with van der Waals surface area (Å²) < 4.78 is 5.71. The van der Waals surface area contributed by atoms with E-state index < -0.39 is 0 Å². The second-order valence-electron chi connectivity index (χ2n) is 5.96. The van der Waals surface area contributed by atoms with Crippen LogP contribution in [-0.4, -0.2) is 0 Å². The average molecular weight is 282 g/mol. The number of rotatable bonds is 6. The van der Waals surface area contributed by atoms with Crippen molar-refractivity contribution in [1.82, 2.24) is 0 Å². The lowest BCUT2D eigenvalue weighted by Gasteiger charge is -2.15. The molecule has 0 fully saturated rings. The van der Waals surface area contributed by atoms with Gasteiger partial charge in [0.15, 0.2) is 0 Å². The maximum atomic E-state index is 5.71. The fourth-order valence-corrected chi connectivity index (χ4v) is 2.51. The molecule has 0 atom stereocenters. The van der Waals surface area contributed by atoms with Crippen LogP contribution in [0.4, 0.5) is 0 Å². The number of ether oxygens (including phenoxy) is 1. The number of hydrogen-bond donors (Lipinski definition) is 0. The van der Waals surface area contributed by atoms with Crippen LogP contribution in [0.5, 0.6) is 0 Å². The predicted octanol–water partition coefficient (Wildman–Crippen LogP) is 5.94. The first-order valence-corrected chi connectivity index (χ1v) is 7.89. The molecule has 0 radical (unpaired) electrons. The molecule has 0 aromatic heterocycles. The fraction of sp³-hybridized carbons (Fsp3) is 0.400. The van der Waals surface area contributed by atoms with E-state index in [0.717, 1.165) is 12.8 Å². The van der Waals surface area contributed by atoms with Crippen LogP contribution in [0.15, 0.2) is 65.5 Å². The van der Waals surface area contributed by atoms with Gasteiger partial charge >= 0.3 is 0 Å². The zero-order chi connectivity index (χ0) is 14.9. The summed E-state index contributed by atoms with van der Waals surface area (Å²) in [5.41, 5.74) is 5.66. The van der Waals surface area contributed by atoms with Gasteiger partial charge in [-0.3, -0.25) is 0 Å². The smallest absolute Gasteiger partial charge is 0.112 e. The van der Waals surface area contributed by atoms with E-state index in [0.29, 0.717) is 6.61 Å². The standard InChI is InChI=1S/C20H26O/c1-17(2)7-6-10-18-11-13-20(14-12-18)16-21-15-19-8-4-3-5-9-19/h3-5,7-9,11,16H,6,10,12-15H2,1-2H3/b20-16+. The van der Waals surface area contributed by atoms with Crippen LogP contribution >= 0.6 is 0 Å². The first-order valence-electron chi connectivity index (χ1n) is 7.89. The summed E-state index contributed by atoms with van der Waals surface area (Å²) in [5, 5.41) is 0. The van der Waals surface area contributed by atoms with Gasteiger partial charge < -0.3 is 4.74 Å². The van der Waals surface area contributed by atoms with Crippen molar-refractivity contribution in [3.05, 3.63) is 71.0 Å². The topological polar surface area (TPSA) is 9.23 Å². The van der Waals surface area contributed by atoms with Crippen molar-refractivity contribution >= 4 is 0 Å². The first-order chi connectivity index (χ1) is 10.2. The number of hydrogen-bond acceptors (Lipinski definition) is 1. The molecule has 1 aromatic rings. The molecule has 2 rings (SSSR count). The number of benzene rings is 1. The van der Waals surface area contributed by atoms with Crippen LogP contribution in [-0.2, 0) is 11.3 Å². The number of allylic oxidation sites excluding steroid dienone is 5. The van der Waals surface area contributed by atoms with Crippen molar-refractivity contribution in [1.29, 1.82) is 0 Å². The molecule has 1 aliphatic rings. The molecule has 1 nitrogen and oxygen atoms in total. The van der Waals surface area contributed by atoms with Crippen molar-refractivity contribution < 1.29 is 4.74 Å². The molecular formula is C20H26O. The highest BCUT2D eigenvalue weighted by atomic mass is 16.5. The van der Waals surface area contributed by atoms with Gasteiger partial charge in [0.25, 0.3) is 0 Å². The minimum Gasteiger partial charge on any atom is -0.497 e. The van der Waals surface area contributed by atoms with Gasteiger partial charge in [0.1, 0.15) is 6.61 Å². The summed E-state index contributed by atoms with van der Waals surface area (Å²) in [6.07, 6.45) is 12.5. The van der Waals surface area contributed by atoms with Crippen molar-refractivity contribution in [2.75, 3.05) is 0 Å². The van der Waals surface area contributed by atoms with Gasteiger partial charge in [0.05, 0.1) is 6.26 Å². The molecule has 1 aliphatic carbocycles. The van der Waals surface area contributed by atoms with Crippen molar-refractivity contribution in [2.24, 2.45) is 0 Å². The highest BCUT2D eigenvalue weighted by Gasteiger charge is 2.07. The minimum absolute atomic E-state index is 0.668. The van der Waals surface area contributed by atoms with Gasteiger partial charge in [-0.1, -0.05) is 53.6 Å². The minimum atomic E-state index is 0.668. The van der Waals surface area contributed by atoms with Gasteiger partial charge in [0.2, 0.25) is 0 Å². The predicted molar refractivity (Wildman–Crippen MR) is 89.9 cm³/mol. The van der Waals surface area contributed by atoms with Crippen molar-refractivity contribution in [2.45, 2.75) is 52.6 Å². The van der Waals surface area contributed by atoms with E-state index in [1.165, 1.54) is 36.0 Å². The third kappa shape index (κ3) is 6.03. The molecule has 0 unspecified atom stereocenters. The van der Waals surface area contributed by atoms with E-state index in [2.05, 4.69) is 38.1 Å². The van der Waals surface area contributed by atoms with Crippen molar-refractivity contribution in [3.63, 3.8) is 0 Å². The lowest BCUT2D eigenvalue weighted by atomic mass is 9.92. The summed E-state index contributed by atoms with van der Waals surface area (Å²) >= 11 is 0.